The Morgan fingerprint density at radius 3 is 2.81 bits per heavy atom. The summed E-state index contributed by atoms with van der Waals surface area (Å²) in [5.74, 6) is 1.82. The molecule has 0 amide bonds. The van der Waals surface area contributed by atoms with Crippen LogP contribution in [0.1, 0.15) is 43.9 Å². The molecule has 7 nitrogen and oxygen atoms in total. The first-order chi connectivity index (χ1) is 15.0. The van der Waals surface area contributed by atoms with Crippen LogP contribution < -0.4 is 0 Å². The molecule has 0 radical (unpaired) electrons. The lowest BCUT2D eigenvalue weighted by molar-refractivity contribution is 0.0899. The third kappa shape index (κ3) is 5.05. The van der Waals surface area contributed by atoms with Crippen LogP contribution in [-0.2, 0) is 11.5 Å². The van der Waals surface area contributed by atoms with Crippen LogP contribution in [0.2, 0.25) is 25.7 Å². The quantitative estimate of drug-likeness (QED) is 0.320. The number of nitriles is 1. The van der Waals surface area contributed by atoms with E-state index in [0.717, 1.165) is 42.2 Å². The van der Waals surface area contributed by atoms with E-state index in [0.29, 0.717) is 30.7 Å². The Hall–Kier alpha value is -2.50. The van der Waals surface area contributed by atoms with Gasteiger partial charge in [0.25, 0.3) is 0 Å². The monoisotopic (exact) mass is 437 g/mol. The Kier molecular flexibility index (Phi) is 6.53. The Labute approximate surface area is 184 Å². The summed E-state index contributed by atoms with van der Waals surface area (Å²) in [7, 11) is -1.11. The van der Waals surface area contributed by atoms with Gasteiger partial charge in [0.15, 0.2) is 11.7 Å². The van der Waals surface area contributed by atoms with Gasteiger partial charge >= 0.3 is 0 Å². The first-order valence-electron chi connectivity index (χ1n) is 11.2. The maximum atomic E-state index is 9.31. The Bertz CT molecular complexity index is 1060. The van der Waals surface area contributed by atoms with Crippen LogP contribution in [0.15, 0.2) is 29.2 Å². The van der Waals surface area contributed by atoms with E-state index in [1.807, 2.05) is 16.8 Å². The lowest BCUT2D eigenvalue weighted by Crippen LogP contribution is -2.22. The zero-order chi connectivity index (χ0) is 21.8. The predicted molar refractivity (Wildman–Crippen MR) is 122 cm³/mol. The number of hydrogen-bond donors (Lipinski definition) is 0. The molecule has 1 atom stereocenters. The molecule has 3 aromatic rings. The van der Waals surface area contributed by atoms with E-state index in [2.05, 4.69) is 40.7 Å². The number of rotatable bonds is 9. The fourth-order valence-electron chi connectivity index (χ4n) is 4.33. The molecule has 3 heterocycles. The van der Waals surface area contributed by atoms with Crippen molar-refractivity contribution in [3.63, 3.8) is 0 Å². The van der Waals surface area contributed by atoms with Gasteiger partial charge in [-0.25, -0.2) is 15.0 Å². The molecule has 0 aliphatic heterocycles. The molecule has 4 rings (SSSR count). The molecule has 3 aromatic heterocycles. The lowest BCUT2D eigenvalue weighted by Gasteiger charge is -2.17. The van der Waals surface area contributed by atoms with E-state index >= 15 is 0 Å². The van der Waals surface area contributed by atoms with E-state index in [9.17, 15) is 5.26 Å². The molecule has 1 unspecified atom stereocenters. The topological polar surface area (TPSA) is 89.8 Å². The Morgan fingerprint density at radius 1 is 1.26 bits per heavy atom. The van der Waals surface area contributed by atoms with Crippen LogP contribution in [0.25, 0.3) is 22.5 Å². The number of ether oxygens (including phenoxy) is 1. The summed E-state index contributed by atoms with van der Waals surface area (Å²) in [5, 5.41) is 10.2. The van der Waals surface area contributed by atoms with Gasteiger partial charge in [0.05, 0.1) is 18.2 Å². The molecule has 0 N–H and O–H groups in total. The van der Waals surface area contributed by atoms with Crippen molar-refractivity contribution in [2.24, 2.45) is 5.92 Å². The molecule has 0 spiro atoms. The molecule has 0 saturated heterocycles. The molecule has 1 saturated carbocycles. The van der Waals surface area contributed by atoms with E-state index in [4.69, 9.17) is 9.15 Å². The minimum Gasteiger partial charge on any atom is -0.439 e. The van der Waals surface area contributed by atoms with E-state index < -0.39 is 8.07 Å². The van der Waals surface area contributed by atoms with Crippen LogP contribution in [-0.4, -0.2) is 34.2 Å². The number of aromatic nitrogens is 4. The highest BCUT2D eigenvalue weighted by Gasteiger charge is 2.30. The van der Waals surface area contributed by atoms with Gasteiger partial charge in [-0.05, 0) is 30.9 Å². The highest BCUT2D eigenvalue weighted by molar-refractivity contribution is 6.76. The first kappa shape index (κ1) is 21.7. The Balaban J connectivity index is 1.54. The third-order valence-corrected chi connectivity index (χ3v) is 7.84. The minimum absolute atomic E-state index is 0.0583. The molecule has 1 aliphatic rings. The van der Waals surface area contributed by atoms with Crippen LogP contribution >= 0.6 is 0 Å². The van der Waals surface area contributed by atoms with Crippen molar-refractivity contribution in [3.8, 4) is 17.5 Å². The van der Waals surface area contributed by atoms with Crippen molar-refractivity contribution < 1.29 is 9.15 Å². The second-order valence-corrected chi connectivity index (χ2v) is 15.3. The summed E-state index contributed by atoms with van der Waals surface area (Å²) in [6, 6.07) is 5.45. The van der Waals surface area contributed by atoms with Crippen molar-refractivity contribution in [3.05, 3.63) is 30.7 Å². The molecule has 0 bridgehead atoms. The van der Waals surface area contributed by atoms with Crippen LogP contribution in [0, 0.1) is 17.2 Å². The van der Waals surface area contributed by atoms with Crippen molar-refractivity contribution >= 4 is 19.1 Å². The SMILES string of the molecule is C[Si](C)(C)CCOCn1ccc2c(-c3cnc(C(CC#N)C4CCCC4)o3)ncnc21. The predicted octanol–water partition coefficient (Wildman–Crippen LogP) is 5.59. The maximum Gasteiger partial charge on any atom is 0.199 e. The summed E-state index contributed by atoms with van der Waals surface area (Å²) < 4.78 is 14.1. The molecule has 1 fully saturated rings. The summed E-state index contributed by atoms with van der Waals surface area (Å²) in [5.41, 5.74) is 1.55. The van der Waals surface area contributed by atoms with Gasteiger partial charge in [-0.1, -0.05) is 32.5 Å². The molecule has 31 heavy (non-hydrogen) atoms. The summed E-state index contributed by atoms with van der Waals surface area (Å²) in [4.78, 5) is 13.5. The number of oxazole rings is 1. The van der Waals surface area contributed by atoms with Crippen molar-refractivity contribution in [2.75, 3.05) is 6.61 Å². The normalized spacial score (nSPS) is 16.1. The van der Waals surface area contributed by atoms with E-state index in [1.54, 1.807) is 12.5 Å². The van der Waals surface area contributed by atoms with Crippen molar-refractivity contribution in [2.45, 2.75) is 70.4 Å². The molecular weight excluding hydrogens is 406 g/mol. The standard InChI is InChI=1S/C23H31N5O2Si/c1-31(2,3)13-12-29-16-28-11-9-19-21(26-15-27-22(19)28)20-14-25-23(30-20)18(8-10-24)17-6-4-5-7-17/h9,11,14-15,17-18H,4-8,12-13,16H2,1-3H3. The number of nitrogens with zero attached hydrogens (tertiary/aromatic N) is 5. The molecule has 164 valence electrons. The largest absolute Gasteiger partial charge is 0.439 e. The van der Waals surface area contributed by atoms with Gasteiger partial charge in [-0.3, -0.25) is 0 Å². The lowest BCUT2D eigenvalue weighted by atomic mass is 9.88. The summed E-state index contributed by atoms with van der Waals surface area (Å²) >= 11 is 0. The summed E-state index contributed by atoms with van der Waals surface area (Å²) in [6.07, 6.45) is 10.4. The second kappa shape index (κ2) is 9.33. The first-order valence-corrected chi connectivity index (χ1v) is 14.9. The van der Waals surface area contributed by atoms with Gasteiger partial charge < -0.3 is 13.7 Å². The maximum absolute atomic E-state index is 9.31. The minimum atomic E-state index is -1.11. The fourth-order valence-corrected chi connectivity index (χ4v) is 5.08. The van der Waals surface area contributed by atoms with Crippen molar-refractivity contribution in [1.29, 1.82) is 5.26 Å². The zero-order valence-electron chi connectivity index (χ0n) is 18.7. The van der Waals surface area contributed by atoms with Gasteiger partial charge in [-0.15, -0.1) is 0 Å². The van der Waals surface area contributed by atoms with E-state index in [1.165, 1.54) is 12.8 Å². The number of hydrogen-bond acceptors (Lipinski definition) is 6. The highest BCUT2D eigenvalue weighted by Crippen LogP contribution is 2.40. The van der Waals surface area contributed by atoms with Gasteiger partial charge in [0.2, 0.25) is 0 Å². The van der Waals surface area contributed by atoms with Crippen molar-refractivity contribution in [1.82, 2.24) is 19.5 Å². The number of fused-ring (bicyclic) bond motifs is 1. The zero-order valence-corrected chi connectivity index (χ0v) is 19.7. The van der Waals surface area contributed by atoms with Gasteiger partial charge in [0, 0.05) is 32.7 Å². The smallest absolute Gasteiger partial charge is 0.199 e. The van der Waals surface area contributed by atoms with Crippen LogP contribution in [0.4, 0.5) is 0 Å². The summed E-state index contributed by atoms with van der Waals surface area (Å²) in [6.45, 7) is 8.28. The molecule has 1 aliphatic carbocycles. The van der Waals surface area contributed by atoms with Crippen LogP contribution in [0.5, 0.6) is 0 Å². The van der Waals surface area contributed by atoms with E-state index in [-0.39, 0.29) is 5.92 Å². The third-order valence-electron chi connectivity index (χ3n) is 6.14. The molecule has 8 heteroatoms. The average Bonchev–Trinajstić information content (AvgIpc) is 3.50. The second-order valence-electron chi connectivity index (χ2n) is 9.67. The molecule has 0 aromatic carbocycles. The van der Waals surface area contributed by atoms with Gasteiger partial charge in [-0.2, -0.15) is 5.26 Å². The molecular formula is C23H31N5O2Si. The van der Waals surface area contributed by atoms with Crippen LogP contribution in [0.3, 0.4) is 0 Å². The van der Waals surface area contributed by atoms with Gasteiger partial charge in [0.1, 0.15) is 24.4 Å². The average molecular weight is 438 g/mol. The Morgan fingerprint density at radius 2 is 2.06 bits per heavy atom. The highest BCUT2D eigenvalue weighted by atomic mass is 28.3. The fraction of sp³-hybridized carbons (Fsp3) is 0.565.